The molecule has 2 heterocycles. The van der Waals surface area contributed by atoms with Crippen LogP contribution in [0.3, 0.4) is 0 Å². The standard InChI is InChI=1S/C23H19N9O/c1-12-5-3-7-15(9-12)32-21(29-17-8-4-6-14(10-24)18(17)22(32)33)13(2)28-20-16(11-25)19(26)30-23(27)31-20/h3-9,13H,1-2H3,(H5,26,27,28,30,31). The topological polar surface area (TPSA) is 172 Å². The zero-order valence-corrected chi connectivity index (χ0v) is 17.9. The number of nitrogen functional groups attached to an aromatic ring is 2. The van der Waals surface area contributed by atoms with Crippen LogP contribution in [0, 0.1) is 29.6 Å². The number of fused-ring (bicyclic) bond motifs is 1. The Balaban J connectivity index is 1.98. The highest BCUT2D eigenvalue weighted by molar-refractivity contribution is 5.84. The average molecular weight is 437 g/mol. The van der Waals surface area contributed by atoms with E-state index in [1.807, 2.05) is 31.2 Å². The van der Waals surface area contributed by atoms with Gasteiger partial charge >= 0.3 is 0 Å². The third kappa shape index (κ3) is 3.77. The maximum Gasteiger partial charge on any atom is 0.267 e. The fourth-order valence-corrected chi connectivity index (χ4v) is 3.63. The number of aryl methyl sites for hydroxylation is 1. The lowest BCUT2D eigenvalue weighted by atomic mass is 10.1. The van der Waals surface area contributed by atoms with Crippen LogP contribution in [0.25, 0.3) is 16.6 Å². The molecule has 0 amide bonds. The molecule has 4 rings (SSSR count). The maximum atomic E-state index is 13.7. The van der Waals surface area contributed by atoms with Gasteiger partial charge in [-0.1, -0.05) is 18.2 Å². The Morgan fingerprint density at radius 3 is 2.52 bits per heavy atom. The number of hydrogen-bond donors (Lipinski definition) is 3. The first-order valence-corrected chi connectivity index (χ1v) is 9.96. The molecule has 0 saturated heterocycles. The van der Waals surface area contributed by atoms with E-state index in [9.17, 15) is 15.3 Å². The van der Waals surface area contributed by atoms with Crippen molar-refractivity contribution in [1.82, 2.24) is 19.5 Å². The molecule has 0 spiro atoms. The van der Waals surface area contributed by atoms with E-state index in [-0.39, 0.29) is 39.7 Å². The molecule has 33 heavy (non-hydrogen) atoms. The van der Waals surface area contributed by atoms with Crippen molar-refractivity contribution in [3.05, 3.63) is 75.3 Å². The van der Waals surface area contributed by atoms with Gasteiger partial charge in [0.25, 0.3) is 5.56 Å². The number of hydrogen-bond acceptors (Lipinski definition) is 9. The maximum absolute atomic E-state index is 13.7. The molecular formula is C23H19N9O. The molecule has 1 unspecified atom stereocenters. The number of nitrogens with one attached hydrogen (secondary N) is 1. The zero-order valence-electron chi connectivity index (χ0n) is 17.9. The van der Waals surface area contributed by atoms with Crippen LogP contribution in [0.15, 0.2) is 47.3 Å². The van der Waals surface area contributed by atoms with Crippen LogP contribution in [0.1, 0.15) is 35.5 Å². The second kappa shape index (κ2) is 8.29. The van der Waals surface area contributed by atoms with E-state index < -0.39 is 6.04 Å². The summed E-state index contributed by atoms with van der Waals surface area (Å²) >= 11 is 0. The fraction of sp³-hybridized carbons (Fsp3) is 0.130. The summed E-state index contributed by atoms with van der Waals surface area (Å²) in [6.07, 6.45) is 0. The van der Waals surface area contributed by atoms with E-state index in [4.69, 9.17) is 16.5 Å². The van der Waals surface area contributed by atoms with E-state index in [2.05, 4.69) is 21.4 Å². The summed E-state index contributed by atoms with van der Waals surface area (Å²) in [5.74, 6) is 0.335. The highest BCUT2D eigenvalue weighted by Crippen LogP contribution is 2.26. The fourth-order valence-electron chi connectivity index (χ4n) is 3.63. The minimum atomic E-state index is -0.603. The molecule has 5 N–H and O–H groups in total. The van der Waals surface area contributed by atoms with Crippen molar-refractivity contribution in [3.63, 3.8) is 0 Å². The van der Waals surface area contributed by atoms with Crippen molar-refractivity contribution in [2.45, 2.75) is 19.9 Å². The number of aromatic nitrogens is 4. The van der Waals surface area contributed by atoms with Gasteiger partial charge < -0.3 is 16.8 Å². The molecule has 0 aliphatic carbocycles. The lowest BCUT2D eigenvalue weighted by Gasteiger charge is -2.21. The number of anilines is 3. The summed E-state index contributed by atoms with van der Waals surface area (Å²) < 4.78 is 1.45. The third-order valence-electron chi connectivity index (χ3n) is 5.11. The number of nitrogens with zero attached hydrogens (tertiary/aromatic N) is 6. The average Bonchev–Trinajstić information content (AvgIpc) is 2.78. The van der Waals surface area contributed by atoms with E-state index in [1.165, 1.54) is 4.57 Å². The molecule has 0 aliphatic rings. The molecule has 2 aromatic carbocycles. The predicted octanol–water partition coefficient (Wildman–Crippen LogP) is 2.56. The molecule has 2 aromatic heterocycles. The van der Waals surface area contributed by atoms with Gasteiger partial charge in [0.1, 0.15) is 29.3 Å². The third-order valence-corrected chi connectivity index (χ3v) is 5.11. The molecule has 0 fully saturated rings. The molecule has 0 radical (unpaired) electrons. The molecule has 162 valence electrons. The minimum Gasteiger partial charge on any atom is -0.382 e. The van der Waals surface area contributed by atoms with Gasteiger partial charge in [0.05, 0.1) is 28.2 Å². The number of benzene rings is 2. The summed E-state index contributed by atoms with van der Waals surface area (Å²) in [5.41, 5.74) is 13.3. The van der Waals surface area contributed by atoms with Crippen molar-refractivity contribution in [2.24, 2.45) is 0 Å². The molecule has 0 saturated carbocycles. The van der Waals surface area contributed by atoms with Crippen LogP contribution in [0.4, 0.5) is 17.6 Å². The normalized spacial score (nSPS) is 11.5. The Bertz CT molecular complexity index is 1540. The van der Waals surface area contributed by atoms with Gasteiger partial charge in [-0.25, -0.2) is 4.98 Å². The van der Waals surface area contributed by atoms with E-state index in [0.717, 1.165) is 5.56 Å². The van der Waals surface area contributed by atoms with E-state index >= 15 is 0 Å². The second-order valence-electron chi connectivity index (χ2n) is 7.43. The largest absolute Gasteiger partial charge is 0.382 e. The number of nitrogens with two attached hydrogens (primary N) is 2. The molecule has 4 aromatic rings. The van der Waals surface area contributed by atoms with Crippen LogP contribution in [0.2, 0.25) is 0 Å². The van der Waals surface area contributed by atoms with Gasteiger partial charge in [-0.05, 0) is 43.7 Å². The second-order valence-corrected chi connectivity index (χ2v) is 7.43. The quantitative estimate of drug-likeness (QED) is 0.433. The van der Waals surface area contributed by atoms with Gasteiger partial charge in [0.2, 0.25) is 5.95 Å². The number of nitriles is 2. The van der Waals surface area contributed by atoms with Crippen LogP contribution >= 0.6 is 0 Å². The highest BCUT2D eigenvalue weighted by Gasteiger charge is 2.22. The zero-order chi connectivity index (χ0) is 23.7. The summed E-state index contributed by atoms with van der Waals surface area (Å²) in [7, 11) is 0. The molecule has 1 atom stereocenters. The lowest BCUT2D eigenvalue weighted by Crippen LogP contribution is -2.28. The van der Waals surface area contributed by atoms with Crippen LogP contribution < -0.4 is 22.3 Å². The molecule has 10 nitrogen and oxygen atoms in total. The van der Waals surface area contributed by atoms with Crippen molar-refractivity contribution >= 4 is 28.5 Å². The smallest absolute Gasteiger partial charge is 0.267 e. The summed E-state index contributed by atoms with van der Waals surface area (Å²) in [6.45, 7) is 3.68. The number of rotatable bonds is 4. The summed E-state index contributed by atoms with van der Waals surface area (Å²) in [4.78, 5) is 26.3. The predicted molar refractivity (Wildman–Crippen MR) is 124 cm³/mol. The van der Waals surface area contributed by atoms with Crippen molar-refractivity contribution < 1.29 is 0 Å². The lowest BCUT2D eigenvalue weighted by molar-refractivity contribution is 0.730. The Kier molecular flexibility index (Phi) is 5.34. The molecular weight excluding hydrogens is 418 g/mol. The first-order valence-electron chi connectivity index (χ1n) is 9.96. The van der Waals surface area contributed by atoms with Gasteiger partial charge in [0, 0.05) is 0 Å². The van der Waals surface area contributed by atoms with Gasteiger partial charge in [0.15, 0.2) is 5.82 Å². The monoisotopic (exact) mass is 437 g/mol. The molecule has 0 aliphatic heterocycles. The van der Waals surface area contributed by atoms with Crippen LogP contribution in [0.5, 0.6) is 0 Å². The van der Waals surface area contributed by atoms with Gasteiger partial charge in [-0.2, -0.15) is 20.5 Å². The summed E-state index contributed by atoms with van der Waals surface area (Å²) in [6, 6.07) is 15.7. The molecule has 0 bridgehead atoms. The van der Waals surface area contributed by atoms with Gasteiger partial charge in [-0.15, -0.1) is 0 Å². The van der Waals surface area contributed by atoms with E-state index in [1.54, 1.807) is 31.2 Å². The Morgan fingerprint density at radius 1 is 1.06 bits per heavy atom. The molecule has 10 heteroatoms. The minimum absolute atomic E-state index is 0.0352. The Hall–Kier alpha value is -4.96. The van der Waals surface area contributed by atoms with E-state index in [0.29, 0.717) is 17.0 Å². The Labute approximate surface area is 188 Å². The summed E-state index contributed by atoms with van der Waals surface area (Å²) in [5, 5.41) is 22.3. The van der Waals surface area contributed by atoms with Crippen LogP contribution in [-0.2, 0) is 0 Å². The van der Waals surface area contributed by atoms with Crippen molar-refractivity contribution in [3.8, 4) is 17.8 Å². The highest BCUT2D eigenvalue weighted by atomic mass is 16.1. The first kappa shape index (κ1) is 21.3. The van der Waals surface area contributed by atoms with Crippen LogP contribution in [-0.4, -0.2) is 19.5 Å². The SMILES string of the molecule is Cc1cccc(-n2c(C(C)Nc3nc(N)nc(N)c3C#N)nc3cccc(C#N)c3c2=O)c1. The Morgan fingerprint density at radius 2 is 1.82 bits per heavy atom. The van der Waals surface area contributed by atoms with Crippen molar-refractivity contribution in [1.29, 1.82) is 10.5 Å². The van der Waals surface area contributed by atoms with Crippen molar-refractivity contribution in [2.75, 3.05) is 16.8 Å². The van der Waals surface area contributed by atoms with Gasteiger partial charge in [-0.3, -0.25) is 9.36 Å². The first-order chi connectivity index (χ1) is 15.8.